The van der Waals surface area contributed by atoms with Gasteiger partial charge in [-0.05, 0) is 22.0 Å². The fourth-order valence-corrected chi connectivity index (χ4v) is 2.92. The second-order valence-electron chi connectivity index (χ2n) is 4.98. The van der Waals surface area contributed by atoms with Gasteiger partial charge in [0.05, 0.1) is 6.10 Å². The maximum atomic E-state index is 11.9. The van der Waals surface area contributed by atoms with E-state index in [1.165, 1.54) is 7.11 Å². The second-order valence-corrected chi connectivity index (χ2v) is 5.89. The Balaban J connectivity index is 1.56. The van der Waals surface area contributed by atoms with Crippen LogP contribution in [-0.2, 0) is 9.47 Å². The maximum Gasteiger partial charge on any atom is 0.319 e. The van der Waals surface area contributed by atoms with Gasteiger partial charge in [-0.15, -0.1) is 0 Å². The summed E-state index contributed by atoms with van der Waals surface area (Å²) in [5.41, 5.74) is -0.393. The van der Waals surface area contributed by atoms with Crippen LogP contribution in [0.2, 0.25) is 0 Å². The zero-order chi connectivity index (χ0) is 15.0. The topological polar surface area (TPSA) is 104 Å². The van der Waals surface area contributed by atoms with Crippen LogP contribution < -0.4 is 16.0 Å². The van der Waals surface area contributed by atoms with Crippen LogP contribution >= 0.6 is 15.9 Å². The van der Waals surface area contributed by atoms with Crippen LogP contribution in [0.5, 0.6) is 0 Å². The number of fused-ring (bicyclic) bond motifs is 1. The van der Waals surface area contributed by atoms with Crippen LogP contribution in [0.4, 0.5) is 4.79 Å². The van der Waals surface area contributed by atoms with E-state index >= 15 is 0 Å². The molecular weight excluding hydrogens is 344 g/mol. The second kappa shape index (κ2) is 5.32. The Morgan fingerprint density at radius 3 is 3.10 bits per heavy atom. The smallest absolute Gasteiger partial charge is 0.319 e. The first-order valence-corrected chi connectivity index (χ1v) is 7.23. The number of amides is 3. The van der Waals surface area contributed by atoms with E-state index in [1.807, 2.05) is 0 Å². The number of methoxy groups -OCH3 is 1. The molecular formula is C12H15BrN4O4. The summed E-state index contributed by atoms with van der Waals surface area (Å²) in [5, 5.41) is 8.13. The van der Waals surface area contributed by atoms with Gasteiger partial charge in [-0.2, -0.15) is 0 Å². The summed E-state index contributed by atoms with van der Waals surface area (Å²) in [5.74, 6) is -0.218. The highest BCUT2D eigenvalue weighted by atomic mass is 79.9. The Morgan fingerprint density at radius 2 is 2.48 bits per heavy atom. The van der Waals surface area contributed by atoms with Crippen LogP contribution in [0.1, 0.15) is 16.9 Å². The van der Waals surface area contributed by atoms with E-state index in [0.717, 1.165) is 4.47 Å². The first-order chi connectivity index (χ1) is 10.0. The summed E-state index contributed by atoms with van der Waals surface area (Å²) >= 11 is 3.27. The van der Waals surface area contributed by atoms with E-state index in [2.05, 4.69) is 36.9 Å². The fraction of sp³-hybridized carbons (Fsp3) is 0.500. The molecule has 2 saturated heterocycles. The third kappa shape index (κ3) is 2.63. The van der Waals surface area contributed by atoms with Gasteiger partial charge in [0, 0.05) is 30.7 Å². The van der Waals surface area contributed by atoms with Crippen molar-refractivity contribution >= 4 is 27.9 Å². The van der Waals surface area contributed by atoms with Crippen molar-refractivity contribution in [3.8, 4) is 0 Å². The summed E-state index contributed by atoms with van der Waals surface area (Å²) in [7, 11) is 1.51. The molecule has 3 atom stereocenters. The first-order valence-electron chi connectivity index (χ1n) is 6.44. The van der Waals surface area contributed by atoms with Crippen LogP contribution in [0.3, 0.4) is 0 Å². The van der Waals surface area contributed by atoms with Gasteiger partial charge in [0.25, 0.3) is 5.91 Å². The molecule has 21 heavy (non-hydrogen) atoms. The van der Waals surface area contributed by atoms with Crippen molar-refractivity contribution in [2.24, 2.45) is 0 Å². The molecule has 2 aliphatic rings. The van der Waals surface area contributed by atoms with E-state index in [0.29, 0.717) is 18.7 Å². The number of rotatable bonds is 4. The molecule has 0 saturated carbocycles. The molecule has 8 nitrogen and oxygen atoms in total. The summed E-state index contributed by atoms with van der Waals surface area (Å²) in [4.78, 5) is 26.1. The van der Waals surface area contributed by atoms with Crippen molar-refractivity contribution in [3.05, 3.63) is 22.4 Å². The number of urea groups is 1. The van der Waals surface area contributed by atoms with E-state index in [1.54, 1.807) is 12.3 Å². The number of aromatic nitrogens is 1. The largest absolute Gasteiger partial charge is 0.356 e. The summed E-state index contributed by atoms with van der Waals surface area (Å²) < 4.78 is 11.9. The lowest BCUT2D eigenvalue weighted by Gasteiger charge is -2.23. The van der Waals surface area contributed by atoms with Crippen LogP contribution in [-0.4, -0.2) is 48.6 Å². The average Bonchev–Trinajstić information content (AvgIpc) is 3.08. The molecule has 2 fully saturated rings. The number of aromatic amines is 1. The van der Waals surface area contributed by atoms with Gasteiger partial charge in [0.2, 0.25) is 0 Å². The molecule has 3 heterocycles. The Hall–Kier alpha value is -1.58. The van der Waals surface area contributed by atoms with Crippen molar-refractivity contribution in [2.45, 2.75) is 24.5 Å². The predicted molar refractivity (Wildman–Crippen MR) is 75.5 cm³/mol. The average molecular weight is 359 g/mol. The molecule has 2 aliphatic heterocycles. The molecule has 0 aliphatic carbocycles. The van der Waals surface area contributed by atoms with Gasteiger partial charge >= 0.3 is 6.03 Å². The van der Waals surface area contributed by atoms with Gasteiger partial charge in [0.1, 0.15) is 5.69 Å². The summed E-state index contributed by atoms with van der Waals surface area (Å²) in [6.45, 7) is 0.328. The van der Waals surface area contributed by atoms with Gasteiger partial charge in [-0.3, -0.25) is 4.79 Å². The number of nitrogens with one attached hydrogen (secondary N) is 4. The number of hydrogen-bond donors (Lipinski definition) is 4. The molecule has 0 radical (unpaired) electrons. The number of halogens is 1. The minimum Gasteiger partial charge on any atom is -0.356 e. The zero-order valence-corrected chi connectivity index (χ0v) is 12.8. The molecule has 0 aromatic carbocycles. The van der Waals surface area contributed by atoms with Crippen molar-refractivity contribution in [1.29, 1.82) is 0 Å². The zero-order valence-electron chi connectivity index (χ0n) is 11.2. The van der Waals surface area contributed by atoms with E-state index < -0.39 is 12.0 Å². The standard InChI is InChI=1S/C12H15BrN4O4/c1-20-12-3-7(21-10(12)16-11(19)17-12)5-15-9(18)8-2-6(13)4-14-8/h2,4,7,10,14H,3,5H2,1H3,(H,15,18)(H2,16,17,19)/t7-,10-,12-/m1/s1. The lowest BCUT2D eigenvalue weighted by Crippen LogP contribution is -2.48. The van der Waals surface area contributed by atoms with Crippen molar-refractivity contribution in [1.82, 2.24) is 20.9 Å². The minimum absolute atomic E-state index is 0.218. The van der Waals surface area contributed by atoms with E-state index in [9.17, 15) is 9.59 Å². The first kappa shape index (κ1) is 14.4. The molecule has 0 bridgehead atoms. The molecule has 3 rings (SSSR count). The Morgan fingerprint density at radius 1 is 1.67 bits per heavy atom. The van der Waals surface area contributed by atoms with Gasteiger partial charge < -0.3 is 30.4 Å². The molecule has 1 aromatic heterocycles. The maximum absolute atomic E-state index is 11.9. The summed E-state index contributed by atoms with van der Waals surface area (Å²) in [6, 6.07) is 1.37. The lowest BCUT2D eigenvalue weighted by molar-refractivity contribution is -0.0723. The SMILES string of the molecule is CO[C@]12C[C@H](CNC(=O)c3cc(Br)c[nH]3)O[C@H]1NC(=O)N2. The molecule has 114 valence electrons. The third-order valence-electron chi connectivity index (χ3n) is 3.62. The highest BCUT2D eigenvalue weighted by molar-refractivity contribution is 9.10. The normalized spacial score (nSPS) is 30.7. The monoisotopic (exact) mass is 358 g/mol. The summed E-state index contributed by atoms with van der Waals surface area (Å²) in [6.07, 6.45) is 1.36. The van der Waals surface area contributed by atoms with Crippen molar-refractivity contribution in [2.75, 3.05) is 13.7 Å². The van der Waals surface area contributed by atoms with Gasteiger partial charge in [-0.1, -0.05) is 0 Å². The lowest BCUT2D eigenvalue weighted by atomic mass is 10.1. The number of H-pyrrole nitrogens is 1. The molecule has 0 unspecified atom stereocenters. The number of carbonyl (C=O) groups excluding carboxylic acids is 2. The molecule has 9 heteroatoms. The Bertz CT molecular complexity index is 577. The highest BCUT2D eigenvalue weighted by Gasteiger charge is 2.55. The van der Waals surface area contributed by atoms with Gasteiger partial charge in [-0.25, -0.2) is 4.79 Å². The highest BCUT2D eigenvalue weighted by Crippen LogP contribution is 2.32. The number of carbonyl (C=O) groups is 2. The van der Waals surface area contributed by atoms with E-state index in [4.69, 9.17) is 9.47 Å². The fourth-order valence-electron chi connectivity index (χ4n) is 2.57. The Labute approximate surface area is 129 Å². The van der Waals surface area contributed by atoms with Gasteiger partial charge in [0.15, 0.2) is 12.0 Å². The quantitative estimate of drug-likeness (QED) is 0.620. The van der Waals surface area contributed by atoms with Crippen molar-refractivity contribution < 1.29 is 19.1 Å². The molecule has 3 amide bonds. The minimum atomic E-state index is -0.859. The van der Waals surface area contributed by atoms with Crippen LogP contribution in [0, 0.1) is 0 Å². The van der Waals surface area contributed by atoms with Crippen LogP contribution in [0.15, 0.2) is 16.7 Å². The van der Waals surface area contributed by atoms with Crippen LogP contribution in [0.25, 0.3) is 0 Å². The molecule has 0 spiro atoms. The molecule has 4 N–H and O–H groups in total. The van der Waals surface area contributed by atoms with E-state index in [-0.39, 0.29) is 18.0 Å². The number of hydrogen-bond acceptors (Lipinski definition) is 4. The Kier molecular flexibility index (Phi) is 3.64. The van der Waals surface area contributed by atoms with Crippen molar-refractivity contribution in [3.63, 3.8) is 0 Å². The number of ether oxygens (including phenoxy) is 2. The predicted octanol–water partition coefficient (Wildman–Crippen LogP) is 0.277. The third-order valence-corrected chi connectivity index (χ3v) is 4.08. The molecule has 1 aromatic rings.